The van der Waals surface area contributed by atoms with E-state index in [0.717, 1.165) is 55.6 Å². The summed E-state index contributed by atoms with van der Waals surface area (Å²) in [6, 6.07) is 44.1. The van der Waals surface area contributed by atoms with Crippen molar-refractivity contribution in [3.8, 4) is 34.0 Å². The second kappa shape index (κ2) is 14.0. The first-order chi connectivity index (χ1) is 25.2. The van der Waals surface area contributed by atoms with Gasteiger partial charge in [0.05, 0.1) is 47.0 Å². The molecule has 0 unspecified atom stereocenters. The average molecular weight is 683 g/mol. The molecule has 0 fully saturated rings. The maximum Gasteiger partial charge on any atom is 0.403 e. The van der Waals surface area contributed by atoms with Gasteiger partial charge in [-0.3, -0.25) is 9.97 Å². The maximum absolute atomic E-state index is 9.67. The Morgan fingerprint density at radius 1 is 0.608 bits per heavy atom. The van der Waals surface area contributed by atoms with E-state index in [0.29, 0.717) is 30.2 Å². The predicted molar refractivity (Wildman–Crippen MR) is 200 cm³/mol. The van der Waals surface area contributed by atoms with E-state index in [1.165, 1.54) is 0 Å². The number of nitrogens with one attached hydrogen (secondary N) is 2. The Balaban J connectivity index is 1.15. The number of halogens is 1. The fraction of sp³-hybridized carbons (Fsp3) is 0.0488. The van der Waals surface area contributed by atoms with E-state index in [4.69, 9.17) is 21.6 Å². The Labute approximate surface area is 298 Å². The lowest BCUT2D eigenvalue weighted by molar-refractivity contribution is -0.568. The summed E-state index contributed by atoms with van der Waals surface area (Å²) >= 11 is 6.97. The van der Waals surface area contributed by atoms with Gasteiger partial charge in [0.25, 0.3) is 5.82 Å². The molecule has 0 amide bonds. The summed E-state index contributed by atoms with van der Waals surface area (Å²) < 4.78 is 1.91. The molecule has 8 rings (SSSR count). The minimum atomic E-state index is 0.0942. The molecule has 0 aliphatic heterocycles. The molecular weight excluding hydrogens is 654 g/mol. The van der Waals surface area contributed by atoms with Crippen molar-refractivity contribution in [1.82, 2.24) is 24.9 Å². The van der Waals surface area contributed by atoms with E-state index in [2.05, 4.69) is 49.9 Å². The number of fused-ring (bicyclic) bond motifs is 2. The van der Waals surface area contributed by atoms with Crippen LogP contribution in [0.25, 0.3) is 49.7 Å². The minimum Gasteiger partial charge on any atom is -0.364 e. The summed E-state index contributed by atoms with van der Waals surface area (Å²) in [6.45, 7) is 0.853. The summed E-state index contributed by atoms with van der Waals surface area (Å²) in [5.41, 5.74) is 8.07. The van der Waals surface area contributed by atoms with Crippen LogP contribution in [0.15, 0.2) is 140 Å². The van der Waals surface area contributed by atoms with Crippen LogP contribution in [-0.2, 0) is 13.1 Å². The van der Waals surface area contributed by atoms with Gasteiger partial charge in [0.2, 0.25) is 5.82 Å². The molecule has 10 heteroatoms. The molecule has 0 atom stereocenters. The molecule has 0 spiro atoms. The summed E-state index contributed by atoms with van der Waals surface area (Å²) in [5.74, 6) is 1.32. The topological polar surface area (TPSA) is 116 Å². The largest absolute Gasteiger partial charge is 0.403 e. The monoisotopic (exact) mass is 682 g/mol. The van der Waals surface area contributed by atoms with E-state index in [-0.39, 0.29) is 11.1 Å². The molecule has 4 aromatic carbocycles. The normalized spacial score (nSPS) is 11.0. The minimum absolute atomic E-state index is 0.0942. The fourth-order valence-corrected chi connectivity index (χ4v) is 6.50. The SMILES string of the molecule is N#Cc1nc(NCc2ccc(-[n+]3c(Cl)nc(NCc4ccccn4)c4c(-c5ccccc5)cccc43)cn2)c2c(-c3ccccc3)cccc2n1. The third kappa shape index (κ3) is 6.39. The zero-order chi connectivity index (χ0) is 34.6. The Morgan fingerprint density at radius 2 is 1.25 bits per heavy atom. The number of hydrogen-bond donors (Lipinski definition) is 2. The first-order valence-electron chi connectivity index (χ1n) is 16.4. The molecule has 0 bridgehead atoms. The van der Waals surface area contributed by atoms with Crippen molar-refractivity contribution in [2.24, 2.45) is 0 Å². The smallest absolute Gasteiger partial charge is 0.364 e. The van der Waals surface area contributed by atoms with Crippen molar-refractivity contribution in [3.05, 3.63) is 162 Å². The fourth-order valence-electron chi connectivity index (χ4n) is 6.23. The summed E-state index contributed by atoms with van der Waals surface area (Å²) in [6.07, 6.45) is 3.56. The Morgan fingerprint density at radius 3 is 1.90 bits per heavy atom. The molecule has 244 valence electrons. The highest BCUT2D eigenvalue weighted by molar-refractivity contribution is 6.28. The van der Waals surface area contributed by atoms with Crippen molar-refractivity contribution in [3.63, 3.8) is 0 Å². The van der Waals surface area contributed by atoms with Gasteiger partial charge >= 0.3 is 5.28 Å². The summed E-state index contributed by atoms with van der Waals surface area (Å²) in [5, 5.41) is 18.6. The molecule has 9 nitrogen and oxygen atoms in total. The van der Waals surface area contributed by atoms with Crippen molar-refractivity contribution < 1.29 is 4.57 Å². The lowest BCUT2D eigenvalue weighted by Crippen LogP contribution is -2.35. The van der Waals surface area contributed by atoms with E-state index in [1.54, 1.807) is 12.4 Å². The highest BCUT2D eigenvalue weighted by atomic mass is 35.5. The molecule has 2 N–H and O–H groups in total. The molecule has 0 saturated carbocycles. The third-order valence-corrected chi connectivity index (χ3v) is 8.82. The van der Waals surface area contributed by atoms with Crippen molar-refractivity contribution in [2.45, 2.75) is 13.1 Å². The molecule has 0 radical (unpaired) electrons. The second-order valence-corrected chi connectivity index (χ2v) is 12.1. The number of nitrogens with zero attached hydrogens (tertiary/aromatic N) is 7. The van der Waals surface area contributed by atoms with E-state index in [9.17, 15) is 5.26 Å². The lowest BCUT2D eigenvalue weighted by atomic mass is 10.0. The number of benzene rings is 4. The summed E-state index contributed by atoms with van der Waals surface area (Å²) in [7, 11) is 0. The van der Waals surface area contributed by atoms with Gasteiger partial charge in [0.1, 0.15) is 17.4 Å². The first kappa shape index (κ1) is 31.5. The molecule has 0 saturated heterocycles. The highest BCUT2D eigenvalue weighted by Gasteiger charge is 2.25. The van der Waals surface area contributed by atoms with E-state index in [1.807, 2.05) is 114 Å². The predicted octanol–water partition coefficient (Wildman–Crippen LogP) is 8.33. The van der Waals surface area contributed by atoms with Crippen molar-refractivity contribution in [2.75, 3.05) is 10.6 Å². The standard InChI is InChI=1S/C41H28ClN9/c42-41-50-40(47-24-29-15-7-8-22-44-29)38-33(28-13-5-2-6-14-28)17-10-19-35(38)51(41)31-21-20-30(45-26-31)25-46-39-37-32(27-11-3-1-4-12-27)16-9-18-34(37)48-36(23-43)49-39/h1-22,26H,24-25H2,(H,46,48,49)/p+1. The molecule has 8 aromatic rings. The number of aromatic nitrogens is 6. The van der Waals surface area contributed by atoms with E-state index >= 15 is 0 Å². The van der Waals surface area contributed by atoms with Gasteiger partial charge in [0, 0.05) is 17.8 Å². The summed E-state index contributed by atoms with van der Waals surface area (Å²) in [4.78, 5) is 23.2. The van der Waals surface area contributed by atoms with Crippen LogP contribution in [0.4, 0.5) is 11.6 Å². The lowest BCUT2D eigenvalue weighted by Gasteiger charge is -2.14. The molecular formula is C41H29ClN9+. The molecule has 4 heterocycles. The van der Waals surface area contributed by atoms with Gasteiger partial charge < -0.3 is 10.6 Å². The number of pyridine rings is 2. The maximum atomic E-state index is 9.67. The average Bonchev–Trinajstić information content (AvgIpc) is 3.19. The highest BCUT2D eigenvalue weighted by Crippen LogP contribution is 2.34. The zero-order valence-electron chi connectivity index (χ0n) is 27.2. The van der Waals surface area contributed by atoms with Crippen LogP contribution in [0, 0.1) is 11.3 Å². The molecule has 51 heavy (non-hydrogen) atoms. The Hall–Kier alpha value is -6.76. The van der Waals surface area contributed by atoms with Crippen LogP contribution in [0.3, 0.4) is 0 Å². The quantitative estimate of drug-likeness (QED) is 0.115. The number of nitriles is 1. The van der Waals surface area contributed by atoms with Gasteiger partial charge in [-0.15, -0.1) is 0 Å². The number of anilines is 2. The molecule has 0 aliphatic carbocycles. The van der Waals surface area contributed by atoms with Crippen LogP contribution < -0.4 is 15.2 Å². The zero-order valence-corrected chi connectivity index (χ0v) is 28.0. The number of rotatable bonds is 9. The van der Waals surface area contributed by atoms with Crippen LogP contribution in [0.5, 0.6) is 0 Å². The van der Waals surface area contributed by atoms with Crippen LogP contribution in [0.2, 0.25) is 5.28 Å². The molecule has 4 aromatic heterocycles. The van der Waals surface area contributed by atoms with Crippen molar-refractivity contribution >= 4 is 45.0 Å². The first-order valence-corrected chi connectivity index (χ1v) is 16.7. The van der Waals surface area contributed by atoms with E-state index < -0.39 is 0 Å². The van der Waals surface area contributed by atoms with Gasteiger partial charge in [-0.25, -0.2) is 9.97 Å². The van der Waals surface area contributed by atoms with Crippen molar-refractivity contribution in [1.29, 1.82) is 5.26 Å². The number of hydrogen-bond acceptors (Lipinski definition) is 8. The van der Waals surface area contributed by atoms with Gasteiger partial charge in [-0.2, -0.15) is 9.83 Å². The van der Waals surface area contributed by atoms with Gasteiger partial charge in [0.15, 0.2) is 5.69 Å². The Kier molecular flexibility index (Phi) is 8.65. The van der Waals surface area contributed by atoms with Gasteiger partial charge in [-0.1, -0.05) is 91.0 Å². The van der Waals surface area contributed by atoms with Gasteiger partial charge in [-0.05, 0) is 63.6 Å². The van der Waals surface area contributed by atoms with Crippen LogP contribution in [-0.4, -0.2) is 24.9 Å². The Bertz CT molecular complexity index is 2540. The second-order valence-electron chi connectivity index (χ2n) is 11.7. The third-order valence-electron chi connectivity index (χ3n) is 8.57. The van der Waals surface area contributed by atoms with Crippen LogP contribution >= 0.6 is 11.6 Å². The molecule has 0 aliphatic rings. The van der Waals surface area contributed by atoms with Crippen LogP contribution in [0.1, 0.15) is 17.2 Å².